The maximum absolute atomic E-state index is 12.6. The minimum Gasteiger partial charge on any atom is -0.394 e. The molecule has 1 amide bonds. The van der Waals surface area contributed by atoms with Gasteiger partial charge in [0, 0.05) is 38.3 Å². The van der Waals surface area contributed by atoms with Crippen LogP contribution in [-0.4, -0.2) is 54.2 Å². The van der Waals surface area contributed by atoms with Crippen molar-refractivity contribution in [3.63, 3.8) is 0 Å². The average Bonchev–Trinajstić information content (AvgIpc) is 3.05. The van der Waals surface area contributed by atoms with Gasteiger partial charge in [-0.1, -0.05) is 25.0 Å². The summed E-state index contributed by atoms with van der Waals surface area (Å²) in [7, 11) is 0. The molecule has 1 aromatic carbocycles. The first-order chi connectivity index (χ1) is 11.2. The van der Waals surface area contributed by atoms with Crippen LogP contribution < -0.4 is 10.6 Å². The van der Waals surface area contributed by atoms with Crippen molar-refractivity contribution in [2.24, 2.45) is 0 Å². The SMILES string of the molecule is O=C(NC1(CO)CCCC1)c1cccc(CN2CCNCC2)c1. The van der Waals surface area contributed by atoms with Gasteiger partial charge in [0.2, 0.25) is 0 Å². The number of benzene rings is 1. The van der Waals surface area contributed by atoms with Crippen LogP contribution in [0.2, 0.25) is 0 Å². The fourth-order valence-electron chi connectivity index (χ4n) is 3.63. The van der Waals surface area contributed by atoms with Crippen LogP contribution >= 0.6 is 0 Å². The molecule has 126 valence electrons. The van der Waals surface area contributed by atoms with Gasteiger partial charge in [-0.2, -0.15) is 0 Å². The molecule has 1 heterocycles. The largest absolute Gasteiger partial charge is 0.394 e. The third-order valence-electron chi connectivity index (χ3n) is 5.05. The third kappa shape index (κ3) is 4.10. The molecule has 1 aliphatic heterocycles. The van der Waals surface area contributed by atoms with Crippen molar-refractivity contribution >= 4 is 5.91 Å². The van der Waals surface area contributed by atoms with Gasteiger partial charge in [-0.3, -0.25) is 9.69 Å². The first kappa shape index (κ1) is 16.4. The predicted octanol–water partition coefficient (Wildman–Crippen LogP) is 1.13. The van der Waals surface area contributed by atoms with E-state index >= 15 is 0 Å². The lowest BCUT2D eigenvalue weighted by atomic mass is 9.98. The van der Waals surface area contributed by atoms with Crippen LogP contribution in [-0.2, 0) is 6.54 Å². The highest BCUT2D eigenvalue weighted by atomic mass is 16.3. The monoisotopic (exact) mass is 317 g/mol. The topological polar surface area (TPSA) is 64.6 Å². The predicted molar refractivity (Wildman–Crippen MR) is 90.3 cm³/mol. The standard InChI is InChI=1S/C18H27N3O2/c22-14-18(6-1-2-7-18)20-17(23)16-5-3-4-15(12-16)13-21-10-8-19-9-11-21/h3-5,12,19,22H,1-2,6-11,13-14H2,(H,20,23). The van der Waals surface area contributed by atoms with E-state index in [0.29, 0.717) is 5.56 Å². The zero-order valence-corrected chi connectivity index (χ0v) is 13.7. The van der Waals surface area contributed by atoms with E-state index in [2.05, 4.69) is 21.6 Å². The quantitative estimate of drug-likeness (QED) is 0.762. The number of aliphatic hydroxyl groups is 1. The van der Waals surface area contributed by atoms with Gasteiger partial charge in [0.15, 0.2) is 0 Å². The van der Waals surface area contributed by atoms with Crippen molar-refractivity contribution in [1.82, 2.24) is 15.5 Å². The second kappa shape index (κ2) is 7.43. The number of rotatable bonds is 5. The van der Waals surface area contributed by atoms with E-state index in [1.54, 1.807) is 0 Å². The van der Waals surface area contributed by atoms with E-state index in [9.17, 15) is 9.90 Å². The average molecular weight is 317 g/mol. The van der Waals surface area contributed by atoms with E-state index in [0.717, 1.165) is 58.4 Å². The Kier molecular flexibility index (Phi) is 5.30. The number of hydrogen-bond donors (Lipinski definition) is 3. The molecule has 0 atom stereocenters. The number of nitrogens with zero attached hydrogens (tertiary/aromatic N) is 1. The minimum atomic E-state index is -0.411. The number of piperazine rings is 1. The van der Waals surface area contributed by atoms with Crippen LogP contribution in [0.4, 0.5) is 0 Å². The molecule has 3 rings (SSSR count). The number of hydrogen-bond acceptors (Lipinski definition) is 4. The molecule has 0 spiro atoms. The van der Waals surface area contributed by atoms with Crippen molar-refractivity contribution in [3.05, 3.63) is 35.4 Å². The summed E-state index contributed by atoms with van der Waals surface area (Å²) in [5.41, 5.74) is 1.45. The highest BCUT2D eigenvalue weighted by Crippen LogP contribution is 2.29. The van der Waals surface area contributed by atoms with Crippen molar-refractivity contribution < 1.29 is 9.90 Å². The molecule has 0 radical (unpaired) electrons. The lowest BCUT2D eigenvalue weighted by Crippen LogP contribution is -2.49. The molecule has 2 fully saturated rings. The first-order valence-electron chi connectivity index (χ1n) is 8.66. The Hall–Kier alpha value is -1.43. The molecule has 1 saturated carbocycles. The van der Waals surface area contributed by atoms with Gasteiger partial charge in [-0.05, 0) is 30.5 Å². The molecule has 5 heteroatoms. The van der Waals surface area contributed by atoms with E-state index in [1.807, 2.05) is 18.2 Å². The van der Waals surface area contributed by atoms with Crippen molar-refractivity contribution in [1.29, 1.82) is 0 Å². The molecule has 2 aliphatic rings. The van der Waals surface area contributed by atoms with Crippen LogP contribution in [0.5, 0.6) is 0 Å². The Morgan fingerprint density at radius 1 is 1.26 bits per heavy atom. The van der Waals surface area contributed by atoms with Crippen LogP contribution in [0, 0.1) is 0 Å². The van der Waals surface area contributed by atoms with Crippen molar-refractivity contribution in [2.75, 3.05) is 32.8 Å². The van der Waals surface area contributed by atoms with Crippen LogP contribution in [0.15, 0.2) is 24.3 Å². The molecule has 0 aromatic heterocycles. The Labute approximate surface area is 138 Å². The number of nitrogens with one attached hydrogen (secondary N) is 2. The van der Waals surface area contributed by atoms with Gasteiger partial charge >= 0.3 is 0 Å². The third-order valence-corrected chi connectivity index (χ3v) is 5.05. The molecule has 0 bridgehead atoms. The minimum absolute atomic E-state index is 0.0270. The maximum atomic E-state index is 12.6. The van der Waals surface area contributed by atoms with E-state index in [1.165, 1.54) is 5.56 Å². The van der Waals surface area contributed by atoms with E-state index in [-0.39, 0.29) is 12.5 Å². The summed E-state index contributed by atoms with van der Waals surface area (Å²) in [6.45, 7) is 5.06. The zero-order chi connectivity index (χ0) is 16.1. The summed E-state index contributed by atoms with van der Waals surface area (Å²) >= 11 is 0. The lowest BCUT2D eigenvalue weighted by molar-refractivity contribution is 0.0838. The van der Waals surface area contributed by atoms with Crippen LogP contribution in [0.25, 0.3) is 0 Å². The smallest absolute Gasteiger partial charge is 0.251 e. The number of aliphatic hydroxyl groups excluding tert-OH is 1. The highest BCUT2D eigenvalue weighted by Gasteiger charge is 2.34. The van der Waals surface area contributed by atoms with Crippen LogP contribution in [0.1, 0.15) is 41.6 Å². The van der Waals surface area contributed by atoms with E-state index in [4.69, 9.17) is 0 Å². The molecule has 0 unspecified atom stereocenters. The fraction of sp³-hybridized carbons (Fsp3) is 0.611. The Balaban J connectivity index is 1.65. The Morgan fingerprint density at radius 2 is 2.00 bits per heavy atom. The van der Waals surface area contributed by atoms with Crippen molar-refractivity contribution in [2.45, 2.75) is 37.8 Å². The molecule has 1 aliphatic carbocycles. The maximum Gasteiger partial charge on any atom is 0.251 e. The van der Waals surface area contributed by atoms with Gasteiger partial charge in [-0.25, -0.2) is 0 Å². The van der Waals surface area contributed by atoms with Crippen LogP contribution in [0.3, 0.4) is 0 Å². The molecule has 3 N–H and O–H groups in total. The first-order valence-corrected chi connectivity index (χ1v) is 8.66. The summed E-state index contributed by atoms with van der Waals surface area (Å²) in [6, 6.07) is 7.87. The van der Waals surface area contributed by atoms with Gasteiger partial charge in [0.1, 0.15) is 0 Å². The molecular formula is C18H27N3O2. The Morgan fingerprint density at radius 3 is 2.70 bits per heavy atom. The van der Waals surface area contributed by atoms with Crippen molar-refractivity contribution in [3.8, 4) is 0 Å². The molecule has 5 nitrogen and oxygen atoms in total. The number of amides is 1. The van der Waals surface area contributed by atoms with E-state index < -0.39 is 5.54 Å². The summed E-state index contributed by atoms with van der Waals surface area (Å²) in [6.07, 6.45) is 3.89. The summed E-state index contributed by atoms with van der Waals surface area (Å²) in [5.74, 6) is -0.0666. The second-order valence-electron chi connectivity index (χ2n) is 6.83. The van der Waals surface area contributed by atoms with Gasteiger partial charge < -0.3 is 15.7 Å². The summed E-state index contributed by atoms with van der Waals surface area (Å²) < 4.78 is 0. The number of carbonyl (C=O) groups is 1. The molecule has 23 heavy (non-hydrogen) atoms. The highest BCUT2D eigenvalue weighted by molar-refractivity contribution is 5.94. The van der Waals surface area contributed by atoms with Gasteiger partial charge in [-0.15, -0.1) is 0 Å². The molecular weight excluding hydrogens is 290 g/mol. The zero-order valence-electron chi connectivity index (χ0n) is 13.7. The molecule has 1 aromatic rings. The normalized spacial score (nSPS) is 21.3. The second-order valence-corrected chi connectivity index (χ2v) is 6.83. The summed E-state index contributed by atoms with van der Waals surface area (Å²) in [5, 5.41) is 16.1. The summed E-state index contributed by atoms with van der Waals surface area (Å²) in [4.78, 5) is 15.0. The lowest BCUT2D eigenvalue weighted by Gasteiger charge is -2.28. The van der Waals surface area contributed by atoms with Gasteiger partial charge in [0.25, 0.3) is 5.91 Å². The molecule has 1 saturated heterocycles. The van der Waals surface area contributed by atoms with Gasteiger partial charge in [0.05, 0.1) is 12.1 Å². The number of carbonyl (C=O) groups excluding carboxylic acids is 1. The fourth-order valence-corrected chi connectivity index (χ4v) is 3.63. The Bertz CT molecular complexity index is 535.